The molecular formula is C37H46ClN5O4S. The number of rotatable bonds is 3. The summed E-state index contributed by atoms with van der Waals surface area (Å²) in [6, 6.07) is 11.9. The third-order valence-electron chi connectivity index (χ3n) is 11.6. The summed E-state index contributed by atoms with van der Waals surface area (Å²) in [5.74, 6) is 4.92. The summed E-state index contributed by atoms with van der Waals surface area (Å²) in [5, 5.41) is 8.78. The molecule has 2 aliphatic carbocycles. The lowest BCUT2D eigenvalue weighted by Crippen LogP contribution is -2.54. The van der Waals surface area contributed by atoms with Gasteiger partial charge >= 0.3 is 0 Å². The van der Waals surface area contributed by atoms with E-state index in [-0.39, 0.29) is 28.4 Å². The van der Waals surface area contributed by atoms with Gasteiger partial charge in [0.15, 0.2) is 0 Å². The zero-order chi connectivity index (χ0) is 33.7. The first-order valence-corrected chi connectivity index (χ1v) is 19.3. The number of fused-ring (bicyclic) bond motifs is 4. The van der Waals surface area contributed by atoms with E-state index in [2.05, 4.69) is 57.0 Å². The highest BCUT2D eigenvalue weighted by Crippen LogP contribution is 2.49. The molecule has 1 aromatic heterocycles. The van der Waals surface area contributed by atoms with Gasteiger partial charge in [0.25, 0.3) is 5.91 Å². The first-order valence-electron chi connectivity index (χ1n) is 17.1. The summed E-state index contributed by atoms with van der Waals surface area (Å²) in [4.78, 5) is 16.1. The number of aryl methyl sites for hydroxylation is 1. The van der Waals surface area contributed by atoms with Crippen molar-refractivity contribution >= 4 is 38.8 Å². The second kappa shape index (κ2) is 12.8. The second-order valence-electron chi connectivity index (χ2n) is 14.5. The molecular weight excluding hydrogens is 646 g/mol. The van der Waals surface area contributed by atoms with Crippen LogP contribution < -0.4 is 14.4 Å². The summed E-state index contributed by atoms with van der Waals surface area (Å²) >= 11 is 6.47. The normalized spacial score (nSPS) is 34.2. The van der Waals surface area contributed by atoms with Crippen molar-refractivity contribution in [1.82, 2.24) is 19.7 Å². The van der Waals surface area contributed by atoms with Gasteiger partial charge in [0.1, 0.15) is 11.4 Å². The zero-order valence-corrected chi connectivity index (χ0v) is 29.6. The molecule has 11 heteroatoms. The number of nitrogens with one attached hydrogen (secondary N) is 1. The van der Waals surface area contributed by atoms with Crippen LogP contribution in [-0.2, 0) is 32.8 Å². The molecule has 3 aromatic rings. The molecule has 1 amide bonds. The van der Waals surface area contributed by atoms with Crippen LogP contribution in [0.4, 0.5) is 5.69 Å². The van der Waals surface area contributed by atoms with Gasteiger partial charge in [0.05, 0.1) is 34.7 Å². The molecule has 2 aromatic carbocycles. The number of allylic oxidation sites excluding steroid dienone is 1. The number of halogens is 1. The van der Waals surface area contributed by atoms with Gasteiger partial charge in [-0.1, -0.05) is 42.0 Å². The topological polar surface area (TPSA) is 98.6 Å². The van der Waals surface area contributed by atoms with Crippen molar-refractivity contribution in [2.75, 3.05) is 31.7 Å². The number of hydrogen-bond acceptors (Lipinski definition) is 7. The van der Waals surface area contributed by atoms with Crippen LogP contribution in [0.5, 0.6) is 5.75 Å². The molecule has 0 radical (unpaired) electrons. The van der Waals surface area contributed by atoms with Crippen LogP contribution in [0, 0.1) is 17.8 Å². The van der Waals surface area contributed by atoms with Crippen molar-refractivity contribution in [2.24, 2.45) is 17.8 Å². The van der Waals surface area contributed by atoms with Crippen LogP contribution >= 0.6 is 11.6 Å². The molecule has 1 N–H and O–H groups in total. The lowest BCUT2D eigenvalue weighted by atomic mass is 9.63. The highest BCUT2D eigenvalue weighted by atomic mass is 35.5. The number of methoxy groups -OCH3 is 1. The number of carbonyl (C=O) groups is 1. The fourth-order valence-electron chi connectivity index (χ4n) is 8.47. The zero-order valence-electron chi connectivity index (χ0n) is 28.1. The second-order valence-corrected chi connectivity index (χ2v) is 17.3. The van der Waals surface area contributed by atoms with Crippen molar-refractivity contribution in [2.45, 2.75) is 75.2 Å². The maximum Gasteiger partial charge on any atom is 0.262 e. The van der Waals surface area contributed by atoms with Crippen LogP contribution in [0.1, 0.15) is 67.4 Å². The van der Waals surface area contributed by atoms with Gasteiger partial charge in [0.2, 0.25) is 0 Å². The van der Waals surface area contributed by atoms with Crippen molar-refractivity contribution in [3.63, 3.8) is 0 Å². The smallest absolute Gasteiger partial charge is 0.262 e. The Bertz CT molecular complexity index is 1810. The molecule has 2 bridgehead atoms. The Morgan fingerprint density at radius 3 is 2.81 bits per heavy atom. The van der Waals surface area contributed by atoms with Crippen molar-refractivity contribution < 1.29 is 18.5 Å². The van der Waals surface area contributed by atoms with Gasteiger partial charge in [-0.05, 0) is 111 Å². The van der Waals surface area contributed by atoms with Crippen LogP contribution in [0.2, 0.25) is 5.02 Å². The Kier molecular flexibility index (Phi) is 8.87. The summed E-state index contributed by atoms with van der Waals surface area (Å²) in [6.07, 6.45) is 13.7. The van der Waals surface area contributed by atoms with E-state index in [1.54, 1.807) is 19.4 Å². The standard InChI is InChI=1S/C37H46ClN5O4S/c1-25-7-5-16-37(46-3,23-43-18-17-39-41-43)32-12-9-29(32)21-42-22-36(15-6-8-27-19-30(38)11-13-31(27)36)24-47-34-14-10-28(20-33(34)42)35(44)40-48(4,45)26(25)2/h5,10-11,13-14,16-20,25-26,29,32H,4,6-9,12,15,21-24H2,1-3H3,(H,40,44,45)/b16-5+/t25-,26+,29-,32+,36-,37+,48?/m0/s1. The lowest BCUT2D eigenvalue weighted by Gasteiger charge is -2.50. The van der Waals surface area contributed by atoms with E-state index in [1.165, 1.54) is 11.1 Å². The maximum atomic E-state index is 13.9. The van der Waals surface area contributed by atoms with Gasteiger partial charge in [-0.25, -0.2) is 8.89 Å². The molecule has 1 unspecified atom stereocenters. The number of carbonyl (C=O) groups excluding carboxylic acids is 1. The summed E-state index contributed by atoms with van der Waals surface area (Å²) < 4.78 is 31.7. The molecule has 9 nitrogen and oxygen atoms in total. The number of ether oxygens (including phenoxy) is 2. The van der Waals surface area contributed by atoms with Crippen LogP contribution in [0.3, 0.4) is 0 Å². The highest BCUT2D eigenvalue weighted by Gasteiger charge is 2.49. The van der Waals surface area contributed by atoms with Gasteiger partial charge in [-0.3, -0.25) is 9.52 Å². The number of hydrogen-bond donors (Lipinski definition) is 1. The van der Waals surface area contributed by atoms with Crippen molar-refractivity contribution in [3.8, 4) is 5.75 Å². The first-order chi connectivity index (χ1) is 23.0. The van der Waals surface area contributed by atoms with E-state index in [0.29, 0.717) is 31.1 Å². The minimum atomic E-state index is -2.96. The predicted octanol–water partition coefficient (Wildman–Crippen LogP) is 5.86. The Labute approximate surface area is 289 Å². The monoisotopic (exact) mass is 691 g/mol. The predicted molar refractivity (Wildman–Crippen MR) is 191 cm³/mol. The molecule has 1 saturated carbocycles. The number of aromatic nitrogens is 3. The van der Waals surface area contributed by atoms with Crippen LogP contribution in [0.25, 0.3) is 0 Å². The van der Waals surface area contributed by atoms with E-state index in [4.69, 9.17) is 21.1 Å². The van der Waals surface area contributed by atoms with Crippen molar-refractivity contribution in [1.29, 1.82) is 0 Å². The van der Waals surface area contributed by atoms with E-state index in [0.717, 1.165) is 61.7 Å². The molecule has 256 valence electrons. The average Bonchev–Trinajstić information content (AvgIpc) is 3.51. The Hall–Kier alpha value is -3.34. The SMILES string of the molecule is C=S1(=O)NC(=O)c2ccc3c(c2)N(C[C@@H]2CC[C@H]2[C@@](Cn2ccnn2)(OC)/C=C/C[C@H](C)[C@H]1C)C[C@@]1(CCCc2cc(Cl)ccc21)CO3. The fraction of sp³-hybridized carbons (Fsp3) is 0.514. The average molecular weight is 692 g/mol. The third kappa shape index (κ3) is 6.05. The molecule has 3 heterocycles. The minimum absolute atomic E-state index is 0.00190. The van der Waals surface area contributed by atoms with E-state index >= 15 is 0 Å². The summed E-state index contributed by atoms with van der Waals surface area (Å²) in [6.45, 7) is 6.53. The minimum Gasteiger partial charge on any atom is -0.490 e. The third-order valence-corrected chi connectivity index (χ3v) is 14.1. The van der Waals surface area contributed by atoms with E-state index < -0.39 is 15.3 Å². The molecule has 48 heavy (non-hydrogen) atoms. The van der Waals surface area contributed by atoms with Crippen molar-refractivity contribution in [3.05, 3.63) is 82.7 Å². The maximum absolute atomic E-state index is 13.9. The van der Waals surface area contributed by atoms with E-state index in [9.17, 15) is 9.00 Å². The van der Waals surface area contributed by atoms with Crippen LogP contribution in [-0.4, -0.2) is 68.6 Å². The molecule has 7 atom stereocenters. The molecule has 0 saturated heterocycles. The molecule has 1 fully saturated rings. The Morgan fingerprint density at radius 1 is 1.21 bits per heavy atom. The van der Waals surface area contributed by atoms with Gasteiger partial charge < -0.3 is 14.4 Å². The number of anilines is 1. The molecule has 7 rings (SSSR count). The lowest BCUT2D eigenvalue weighted by molar-refractivity contribution is -0.0869. The molecule has 2 aliphatic heterocycles. The number of amides is 1. The summed E-state index contributed by atoms with van der Waals surface area (Å²) in [5.41, 5.74) is 3.04. The number of nitrogens with zero attached hydrogens (tertiary/aromatic N) is 4. The highest BCUT2D eigenvalue weighted by molar-refractivity contribution is 7.99. The Morgan fingerprint density at radius 2 is 2.06 bits per heavy atom. The summed E-state index contributed by atoms with van der Waals surface area (Å²) in [7, 11) is -1.17. The largest absolute Gasteiger partial charge is 0.490 e. The first kappa shape index (κ1) is 33.2. The van der Waals surface area contributed by atoms with Gasteiger partial charge in [0, 0.05) is 47.6 Å². The fourth-order valence-corrected chi connectivity index (χ4v) is 10.1. The van der Waals surface area contributed by atoms with Gasteiger partial charge in [-0.2, -0.15) is 0 Å². The van der Waals surface area contributed by atoms with Gasteiger partial charge in [-0.15, -0.1) is 5.10 Å². The Balaban J connectivity index is 1.34. The quantitative estimate of drug-likeness (QED) is 0.271. The van der Waals surface area contributed by atoms with Crippen LogP contribution in [0.15, 0.2) is 60.9 Å². The number of benzene rings is 2. The van der Waals surface area contributed by atoms with E-state index in [1.807, 2.05) is 36.0 Å². The molecule has 1 spiro atoms. The molecule has 4 aliphatic rings.